The number of halogens is 1. The molecule has 0 aromatic rings. The molecule has 3 nitrogen and oxygen atoms in total. The van der Waals surface area contributed by atoms with Crippen molar-refractivity contribution in [1.82, 2.24) is 5.32 Å². The number of hydrogen-bond acceptors (Lipinski definition) is 2. The molecule has 0 aliphatic carbocycles. The Morgan fingerprint density at radius 1 is 1.47 bits per heavy atom. The van der Waals surface area contributed by atoms with E-state index in [-0.39, 0.29) is 24.2 Å². The lowest BCUT2D eigenvalue weighted by Crippen LogP contribution is -2.38. The van der Waals surface area contributed by atoms with Crippen LogP contribution in [0.4, 0.5) is 0 Å². The fourth-order valence-electron chi connectivity index (χ4n) is 1.06. The molecule has 0 aliphatic heterocycles. The maximum Gasteiger partial charge on any atom is 0.246 e. The van der Waals surface area contributed by atoms with Gasteiger partial charge in [0.05, 0.1) is 5.60 Å². The van der Waals surface area contributed by atoms with Crippen molar-refractivity contribution >= 4 is 17.5 Å². The second-order valence-corrected chi connectivity index (χ2v) is 4.93. The van der Waals surface area contributed by atoms with Crippen LogP contribution in [0.3, 0.4) is 0 Å². The molecule has 0 saturated heterocycles. The van der Waals surface area contributed by atoms with Gasteiger partial charge in [-0.2, -0.15) is 0 Å². The first-order valence-electron chi connectivity index (χ1n) is 5.38. The molecule has 15 heavy (non-hydrogen) atoms. The van der Waals surface area contributed by atoms with Gasteiger partial charge in [-0.1, -0.05) is 6.92 Å². The van der Waals surface area contributed by atoms with Gasteiger partial charge in [0.2, 0.25) is 5.91 Å². The predicted octanol–water partition coefficient (Wildman–Crippen LogP) is 2.33. The first-order chi connectivity index (χ1) is 6.89. The molecule has 0 fully saturated rings. The zero-order valence-corrected chi connectivity index (χ0v) is 10.9. The summed E-state index contributed by atoms with van der Waals surface area (Å²) in [4.78, 5) is 11.5. The SMILES string of the molecule is CCC(CCCl)NC(=O)COC(C)(C)C. The summed E-state index contributed by atoms with van der Waals surface area (Å²) in [6, 6.07) is 0.165. The summed E-state index contributed by atoms with van der Waals surface area (Å²) in [5.41, 5.74) is -0.272. The molecular weight excluding hydrogens is 214 g/mol. The highest BCUT2D eigenvalue weighted by molar-refractivity contribution is 6.17. The second kappa shape index (κ2) is 7.07. The molecule has 0 aliphatic rings. The third-order valence-electron chi connectivity index (χ3n) is 1.95. The number of hydrogen-bond donors (Lipinski definition) is 1. The van der Waals surface area contributed by atoms with E-state index in [0.717, 1.165) is 12.8 Å². The fourth-order valence-corrected chi connectivity index (χ4v) is 1.32. The van der Waals surface area contributed by atoms with Crippen molar-refractivity contribution in [2.75, 3.05) is 12.5 Å². The molecule has 1 atom stereocenters. The Kier molecular flexibility index (Phi) is 6.94. The highest BCUT2D eigenvalue weighted by Gasteiger charge is 2.14. The minimum Gasteiger partial charge on any atom is -0.366 e. The van der Waals surface area contributed by atoms with Gasteiger partial charge < -0.3 is 10.1 Å². The van der Waals surface area contributed by atoms with Crippen LogP contribution in [-0.4, -0.2) is 30.0 Å². The number of carbonyl (C=O) groups excluding carboxylic acids is 1. The quantitative estimate of drug-likeness (QED) is 0.718. The minimum absolute atomic E-state index is 0.0677. The van der Waals surface area contributed by atoms with Gasteiger partial charge in [0.1, 0.15) is 6.61 Å². The highest BCUT2D eigenvalue weighted by Crippen LogP contribution is 2.06. The van der Waals surface area contributed by atoms with Crippen LogP contribution < -0.4 is 5.32 Å². The fraction of sp³-hybridized carbons (Fsp3) is 0.909. The van der Waals surface area contributed by atoms with Crippen molar-refractivity contribution in [2.24, 2.45) is 0 Å². The molecule has 0 radical (unpaired) electrons. The van der Waals surface area contributed by atoms with Crippen molar-refractivity contribution in [3.63, 3.8) is 0 Å². The summed E-state index contributed by atoms with van der Waals surface area (Å²) in [7, 11) is 0. The normalized spacial score (nSPS) is 13.7. The summed E-state index contributed by atoms with van der Waals surface area (Å²) < 4.78 is 5.37. The number of amides is 1. The van der Waals surface area contributed by atoms with Crippen molar-refractivity contribution < 1.29 is 9.53 Å². The molecule has 1 amide bonds. The zero-order chi connectivity index (χ0) is 11.9. The average molecular weight is 236 g/mol. The number of rotatable bonds is 6. The van der Waals surface area contributed by atoms with Gasteiger partial charge in [-0.25, -0.2) is 0 Å². The molecule has 0 saturated carbocycles. The zero-order valence-electron chi connectivity index (χ0n) is 10.1. The molecule has 0 aromatic carbocycles. The van der Waals surface area contributed by atoms with E-state index in [4.69, 9.17) is 16.3 Å². The molecule has 0 bridgehead atoms. The van der Waals surface area contributed by atoms with Crippen LogP contribution >= 0.6 is 11.6 Å². The van der Waals surface area contributed by atoms with Crippen molar-refractivity contribution in [3.05, 3.63) is 0 Å². The molecule has 0 aromatic heterocycles. The van der Waals surface area contributed by atoms with E-state index < -0.39 is 0 Å². The van der Waals surface area contributed by atoms with Gasteiger partial charge in [-0.3, -0.25) is 4.79 Å². The predicted molar refractivity (Wildman–Crippen MR) is 63.3 cm³/mol. The third-order valence-corrected chi connectivity index (χ3v) is 2.17. The Morgan fingerprint density at radius 3 is 2.47 bits per heavy atom. The van der Waals surface area contributed by atoms with Crippen LogP contribution in [0.1, 0.15) is 40.5 Å². The largest absolute Gasteiger partial charge is 0.366 e. The van der Waals surface area contributed by atoms with Crippen LogP contribution in [0.25, 0.3) is 0 Å². The van der Waals surface area contributed by atoms with Crippen LogP contribution in [0, 0.1) is 0 Å². The molecule has 4 heteroatoms. The molecule has 0 rings (SSSR count). The number of ether oxygens (including phenoxy) is 1. The Hall–Kier alpha value is -0.280. The maximum absolute atomic E-state index is 11.5. The molecular formula is C11H22ClNO2. The van der Waals surface area contributed by atoms with Crippen LogP contribution in [0.5, 0.6) is 0 Å². The van der Waals surface area contributed by atoms with Crippen LogP contribution in [0.15, 0.2) is 0 Å². The van der Waals surface area contributed by atoms with Gasteiger partial charge in [-0.05, 0) is 33.6 Å². The number of carbonyl (C=O) groups is 1. The van der Waals surface area contributed by atoms with E-state index in [9.17, 15) is 4.79 Å². The summed E-state index contributed by atoms with van der Waals surface area (Å²) in [6.07, 6.45) is 1.70. The average Bonchev–Trinajstić information content (AvgIpc) is 2.13. The first kappa shape index (κ1) is 14.7. The van der Waals surface area contributed by atoms with E-state index in [0.29, 0.717) is 5.88 Å². The van der Waals surface area contributed by atoms with E-state index in [1.165, 1.54) is 0 Å². The Bertz CT molecular complexity index is 190. The molecule has 1 N–H and O–H groups in total. The van der Waals surface area contributed by atoms with Gasteiger partial charge >= 0.3 is 0 Å². The highest BCUT2D eigenvalue weighted by atomic mass is 35.5. The minimum atomic E-state index is -0.272. The topological polar surface area (TPSA) is 38.3 Å². The van der Waals surface area contributed by atoms with Gasteiger partial charge in [0, 0.05) is 11.9 Å². The number of nitrogens with one attached hydrogen (secondary N) is 1. The van der Waals surface area contributed by atoms with E-state index in [1.807, 2.05) is 27.7 Å². The van der Waals surface area contributed by atoms with Gasteiger partial charge in [0.25, 0.3) is 0 Å². The summed E-state index contributed by atoms with van der Waals surface area (Å²) in [5.74, 6) is 0.501. The lowest BCUT2D eigenvalue weighted by atomic mass is 10.1. The van der Waals surface area contributed by atoms with Crippen LogP contribution in [0.2, 0.25) is 0 Å². The second-order valence-electron chi connectivity index (χ2n) is 4.55. The van der Waals surface area contributed by atoms with Crippen molar-refractivity contribution in [2.45, 2.75) is 52.2 Å². The summed E-state index contributed by atoms with van der Waals surface area (Å²) in [5, 5.41) is 2.89. The van der Waals surface area contributed by atoms with E-state index in [1.54, 1.807) is 0 Å². The summed E-state index contributed by atoms with van der Waals surface area (Å²) >= 11 is 5.63. The first-order valence-corrected chi connectivity index (χ1v) is 5.91. The van der Waals surface area contributed by atoms with E-state index >= 15 is 0 Å². The Labute approximate surface area is 97.5 Å². The van der Waals surface area contributed by atoms with Crippen LogP contribution in [-0.2, 0) is 9.53 Å². The lowest BCUT2D eigenvalue weighted by Gasteiger charge is -2.21. The standard InChI is InChI=1S/C11H22ClNO2/c1-5-9(6-7-12)13-10(14)8-15-11(2,3)4/h9H,5-8H2,1-4H3,(H,13,14). The molecule has 0 heterocycles. The summed E-state index contributed by atoms with van der Waals surface area (Å²) in [6.45, 7) is 7.92. The van der Waals surface area contributed by atoms with Crippen molar-refractivity contribution in [1.29, 1.82) is 0 Å². The molecule has 0 spiro atoms. The smallest absolute Gasteiger partial charge is 0.246 e. The Balaban J connectivity index is 3.81. The van der Waals surface area contributed by atoms with E-state index in [2.05, 4.69) is 5.32 Å². The van der Waals surface area contributed by atoms with Crippen molar-refractivity contribution in [3.8, 4) is 0 Å². The monoisotopic (exact) mass is 235 g/mol. The maximum atomic E-state index is 11.5. The lowest BCUT2D eigenvalue weighted by molar-refractivity contribution is -0.131. The molecule has 1 unspecified atom stereocenters. The number of alkyl halides is 1. The third kappa shape index (κ3) is 8.70. The molecule has 90 valence electrons. The van der Waals surface area contributed by atoms with Gasteiger partial charge in [0.15, 0.2) is 0 Å². The van der Waals surface area contributed by atoms with Gasteiger partial charge in [-0.15, -0.1) is 11.6 Å². The Morgan fingerprint density at radius 2 is 2.07 bits per heavy atom.